The Hall–Kier alpha value is -0.0500. The van der Waals surface area contributed by atoms with Gasteiger partial charge in [-0.05, 0) is 63.6 Å². The molecule has 0 amide bonds. The summed E-state index contributed by atoms with van der Waals surface area (Å²) in [5.74, 6) is 1.37. The van der Waals surface area contributed by atoms with Crippen LogP contribution in [0.1, 0.15) is 66.7 Å². The second kappa shape index (κ2) is 6.22. The Morgan fingerprint density at radius 3 is 2.52 bits per heavy atom. The Morgan fingerprint density at radius 2 is 1.95 bits per heavy atom. The molecule has 0 heterocycles. The van der Waals surface area contributed by atoms with Crippen LogP contribution in [-0.2, 0) is 0 Å². The van der Waals surface area contributed by atoms with Crippen molar-refractivity contribution >= 4 is 22.6 Å². The predicted octanol–water partition coefficient (Wildman–Crippen LogP) is 7.07. The second-order valence-electron chi connectivity index (χ2n) is 8.27. The first-order valence-corrected chi connectivity index (χ1v) is 9.67. The summed E-state index contributed by atoms with van der Waals surface area (Å²) in [6.07, 6.45) is 9.06. The Kier molecular flexibility index (Phi) is 5.12. The molecule has 2 fully saturated rings. The Bertz CT molecular complexity index is 478. The minimum Gasteiger partial charge on any atom is -0.0956 e. The molecule has 0 spiro atoms. The number of fused-ring (bicyclic) bond motifs is 1. The fraction of sp³-hybridized carbons (Fsp3) is 0.700. The van der Waals surface area contributed by atoms with Crippen molar-refractivity contribution in [3.63, 3.8) is 0 Å². The van der Waals surface area contributed by atoms with E-state index in [-0.39, 0.29) is 0 Å². The Balaban J connectivity index is 2.40. The molecule has 118 valence electrons. The van der Waals surface area contributed by atoms with Gasteiger partial charge in [0.15, 0.2) is 0 Å². The lowest BCUT2D eigenvalue weighted by atomic mass is 9.49. The summed E-state index contributed by atoms with van der Waals surface area (Å²) >= 11 is 2.46. The van der Waals surface area contributed by atoms with Gasteiger partial charge in [-0.1, -0.05) is 81.9 Å². The van der Waals surface area contributed by atoms with Crippen LogP contribution in [0.2, 0.25) is 0 Å². The van der Waals surface area contributed by atoms with E-state index in [2.05, 4.69) is 73.9 Å². The third-order valence-electron chi connectivity index (χ3n) is 6.10. The third-order valence-corrected chi connectivity index (χ3v) is 6.73. The van der Waals surface area contributed by atoms with Crippen LogP contribution >= 0.6 is 22.6 Å². The van der Waals surface area contributed by atoms with Crippen molar-refractivity contribution in [3.8, 4) is 0 Å². The van der Waals surface area contributed by atoms with Crippen LogP contribution in [0.15, 0.2) is 33.5 Å². The minimum atomic E-state index is 0.365. The summed E-state index contributed by atoms with van der Waals surface area (Å²) in [4.78, 5) is 0. The van der Waals surface area contributed by atoms with Crippen LogP contribution < -0.4 is 0 Å². The molecule has 1 heteroatoms. The van der Waals surface area contributed by atoms with E-state index in [9.17, 15) is 0 Å². The van der Waals surface area contributed by atoms with Crippen LogP contribution in [0.3, 0.4) is 0 Å². The largest absolute Gasteiger partial charge is 0.0956 e. The molecule has 0 bridgehead atoms. The lowest BCUT2D eigenvalue weighted by Crippen LogP contribution is -2.45. The quantitative estimate of drug-likeness (QED) is 0.437. The van der Waals surface area contributed by atoms with Crippen LogP contribution in [0.5, 0.6) is 0 Å². The highest BCUT2D eigenvalue weighted by Crippen LogP contribution is 2.61. The molecule has 0 saturated heterocycles. The summed E-state index contributed by atoms with van der Waals surface area (Å²) in [6.45, 7) is 16.2. The Labute approximate surface area is 145 Å². The van der Waals surface area contributed by atoms with E-state index in [0.29, 0.717) is 16.7 Å². The van der Waals surface area contributed by atoms with Gasteiger partial charge in [-0.3, -0.25) is 0 Å². The number of hydrogen-bond donors (Lipinski definition) is 0. The fourth-order valence-electron chi connectivity index (χ4n) is 4.69. The van der Waals surface area contributed by atoms with Crippen molar-refractivity contribution in [1.29, 1.82) is 0 Å². The van der Waals surface area contributed by atoms with Gasteiger partial charge in [0.2, 0.25) is 0 Å². The fourth-order valence-corrected chi connectivity index (χ4v) is 5.80. The topological polar surface area (TPSA) is 0 Å². The molecular formula is C20H31I. The number of rotatable bonds is 2. The van der Waals surface area contributed by atoms with Crippen molar-refractivity contribution in [2.24, 2.45) is 22.7 Å². The molecule has 2 atom stereocenters. The van der Waals surface area contributed by atoms with Gasteiger partial charge in [-0.25, -0.2) is 0 Å². The van der Waals surface area contributed by atoms with Crippen molar-refractivity contribution < 1.29 is 0 Å². The zero-order valence-corrected chi connectivity index (χ0v) is 16.6. The van der Waals surface area contributed by atoms with Gasteiger partial charge in [-0.2, -0.15) is 0 Å². The standard InChI is InChI=1S/C20H31I/c1-14(2)15(3)12-16-8-9-18-19(4,5)10-7-11-20(18,6)17(16)13-21/h12-14,18H,3,7-11H2,1-2,4-6H3/b16-12-,17-13+. The maximum atomic E-state index is 4.27. The van der Waals surface area contributed by atoms with Crippen molar-refractivity contribution in [3.05, 3.63) is 33.5 Å². The lowest BCUT2D eigenvalue weighted by molar-refractivity contribution is 0.0133. The zero-order chi connectivity index (χ0) is 15.8. The molecule has 0 nitrogen and oxygen atoms in total. The predicted molar refractivity (Wildman–Crippen MR) is 103 cm³/mol. The molecule has 0 aromatic heterocycles. The molecule has 21 heavy (non-hydrogen) atoms. The smallest absolute Gasteiger partial charge is 0.00346 e. The zero-order valence-electron chi connectivity index (χ0n) is 14.4. The van der Waals surface area contributed by atoms with Crippen molar-refractivity contribution in [1.82, 2.24) is 0 Å². The van der Waals surface area contributed by atoms with Gasteiger partial charge in [0, 0.05) is 0 Å². The van der Waals surface area contributed by atoms with Crippen molar-refractivity contribution in [2.75, 3.05) is 0 Å². The molecule has 0 radical (unpaired) electrons. The average Bonchev–Trinajstić information content (AvgIpc) is 2.37. The highest BCUT2D eigenvalue weighted by Gasteiger charge is 2.50. The highest BCUT2D eigenvalue weighted by atomic mass is 127. The number of hydrogen-bond acceptors (Lipinski definition) is 0. The van der Waals surface area contributed by atoms with E-state index in [4.69, 9.17) is 0 Å². The molecule has 0 aromatic carbocycles. The van der Waals surface area contributed by atoms with E-state index in [0.717, 1.165) is 5.92 Å². The summed E-state index contributed by atoms with van der Waals surface area (Å²) in [5, 5.41) is 0. The highest BCUT2D eigenvalue weighted by molar-refractivity contribution is 14.1. The third kappa shape index (κ3) is 3.18. The van der Waals surface area contributed by atoms with Crippen LogP contribution in [0.25, 0.3) is 0 Å². The van der Waals surface area contributed by atoms with E-state index in [1.807, 2.05) is 0 Å². The summed E-state index contributed by atoms with van der Waals surface area (Å²) in [5.41, 5.74) is 5.29. The molecule has 0 aliphatic heterocycles. The molecule has 2 unspecified atom stereocenters. The Morgan fingerprint density at radius 1 is 1.29 bits per heavy atom. The monoisotopic (exact) mass is 398 g/mol. The SMILES string of the molecule is C=C(/C=C1/CCC2C(C)(C)CCCC2(C)/C1=C/I)C(C)C. The first-order valence-electron chi connectivity index (χ1n) is 8.43. The van der Waals surface area contributed by atoms with E-state index < -0.39 is 0 Å². The molecule has 2 saturated carbocycles. The second-order valence-corrected chi connectivity index (χ2v) is 8.90. The minimum absolute atomic E-state index is 0.365. The summed E-state index contributed by atoms with van der Waals surface area (Å²) in [7, 11) is 0. The number of allylic oxidation sites excluding steroid dienone is 4. The molecule has 2 rings (SSSR count). The van der Waals surface area contributed by atoms with Gasteiger partial charge >= 0.3 is 0 Å². The number of halogens is 1. The lowest BCUT2D eigenvalue weighted by Gasteiger charge is -2.55. The average molecular weight is 398 g/mol. The van der Waals surface area contributed by atoms with E-state index >= 15 is 0 Å². The van der Waals surface area contributed by atoms with Gasteiger partial charge in [-0.15, -0.1) is 0 Å². The first-order chi connectivity index (χ1) is 9.72. The maximum absolute atomic E-state index is 4.27. The molecule has 0 aromatic rings. The van der Waals surface area contributed by atoms with Crippen LogP contribution in [0, 0.1) is 22.7 Å². The summed E-state index contributed by atoms with van der Waals surface area (Å²) < 4.78 is 2.37. The van der Waals surface area contributed by atoms with Gasteiger partial charge in [0.05, 0.1) is 0 Å². The summed E-state index contributed by atoms with van der Waals surface area (Å²) in [6, 6.07) is 0. The molecule has 0 N–H and O–H groups in total. The van der Waals surface area contributed by atoms with Crippen LogP contribution in [0.4, 0.5) is 0 Å². The normalized spacial score (nSPS) is 36.0. The van der Waals surface area contributed by atoms with E-state index in [1.54, 1.807) is 11.1 Å². The van der Waals surface area contributed by atoms with Gasteiger partial charge < -0.3 is 0 Å². The maximum Gasteiger partial charge on any atom is -0.00346 e. The molecular weight excluding hydrogens is 367 g/mol. The van der Waals surface area contributed by atoms with Crippen LogP contribution in [-0.4, -0.2) is 0 Å². The first kappa shape index (κ1) is 17.3. The van der Waals surface area contributed by atoms with Crippen molar-refractivity contribution in [2.45, 2.75) is 66.7 Å². The molecule has 2 aliphatic carbocycles. The van der Waals surface area contributed by atoms with Gasteiger partial charge in [0.1, 0.15) is 0 Å². The van der Waals surface area contributed by atoms with E-state index in [1.165, 1.54) is 37.7 Å². The molecule has 2 aliphatic rings. The van der Waals surface area contributed by atoms with Gasteiger partial charge in [0.25, 0.3) is 0 Å².